The minimum atomic E-state index is -4.46. The molecule has 0 atom stereocenters. The number of aromatic amines is 1. The number of pyridine rings is 1. The van der Waals surface area contributed by atoms with Crippen molar-refractivity contribution in [1.29, 1.82) is 0 Å². The van der Waals surface area contributed by atoms with Crippen LogP contribution in [0.5, 0.6) is 0 Å². The monoisotopic (exact) mass is 449 g/mol. The lowest BCUT2D eigenvalue weighted by Crippen LogP contribution is -2.14. The smallest absolute Gasteiger partial charge is 0.322 e. The molecule has 31 heavy (non-hydrogen) atoms. The standard InChI is InChI=1S/C19H15ClF3N7O/c1-9-14(27-29-26-9)8-30-17-15(10(2)28-30)16(20)13(7-24-17)18(31)25-12-5-3-11(4-6-12)19(21,22)23/h3-7H,8H2,1-2H3,(H,25,31)(H,26,27,29). The van der Waals surface area contributed by atoms with Crippen LogP contribution < -0.4 is 5.32 Å². The zero-order valence-corrected chi connectivity index (χ0v) is 17.0. The van der Waals surface area contributed by atoms with Crippen molar-refractivity contribution < 1.29 is 18.0 Å². The van der Waals surface area contributed by atoms with Crippen LogP contribution >= 0.6 is 11.6 Å². The van der Waals surface area contributed by atoms with E-state index >= 15 is 0 Å². The fourth-order valence-corrected chi connectivity index (χ4v) is 3.44. The van der Waals surface area contributed by atoms with Gasteiger partial charge in [-0.3, -0.25) is 4.79 Å². The van der Waals surface area contributed by atoms with Crippen molar-refractivity contribution in [2.24, 2.45) is 0 Å². The van der Waals surface area contributed by atoms with Gasteiger partial charge in [-0.25, -0.2) is 9.67 Å². The number of carbonyl (C=O) groups excluding carboxylic acids is 1. The molecule has 0 saturated heterocycles. The number of hydrogen-bond donors (Lipinski definition) is 2. The Bertz CT molecular complexity index is 1280. The number of anilines is 1. The molecule has 0 aliphatic carbocycles. The molecule has 0 unspecified atom stereocenters. The zero-order chi connectivity index (χ0) is 22.3. The number of nitrogens with one attached hydrogen (secondary N) is 2. The number of H-pyrrole nitrogens is 1. The van der Waals surface area contributed by atoms with Gasteiger partial charge in [0, 0.05) is 11.9 Å². The molecule has 4 rings (SSSR count). The molecular weight excluding hydrogens is 435 g/mol. The summed E-state index contributed by atoms with van der Waals surface area (Å²) in [5.74, 6) is -0.598. The zero-order valence-electron chi connectivity index (χ0n) is 16.3. The minimum absolute atomic E-state index is 0.0781. The second-order valence-electron chi connectivity index (χ2n) is 6.81. The Kier molecular flexibility index (Phi) is 5.13. The second kappa shape index (κ2) is 7.65. The summed E-state index contributed by atoms with van der Waals surface area (Å²) >= 11 is 6.48. The summed E-state index contributed by atoms with van der Waals surface area (Å²) in [7, 11) is 0. The molecule has 3 aromatic heterocycles. The Morgan fingerprint density at radius 1 is 1.16 bits per heavy atom. The van der Waals surface area contributed by atoms with Gasteiger partial charge in [-0.2, -0.15) is 33.7 Å². The van der Waals surface area contributed by atoms with Crippen molar-refractivity contribution >= 4 is 34.2 Å². The molecule has 1 aromatic carbocycles. The van der Waals surface area contributed by atoms with E-state index in [1.54, 1.807) is 11.6 Å². The Morgan fingerprint density at radius 3 is 2.48 bits per heavy atom. The molecule has 2 N–H and O–H groups in total. The summed E-state index contributed by atoms with van der Waals surface area (Å²) in [6.45, 7) is 3.86. The molecule has 12 heteroatoms. The van der Waals surface area contributed by atoms with E-state index in [1.165, 1.54) is 18.3 Å². The van der Waals surface area contributed by atoms with E-state index in [1.807, 2.05) is 6.92 Å². The van der Waals surface area contributed by atoms with E-state index in [9.17, 15) is 18.0 Å². The predicted molar refractivity (Wildman–Crippen MR) is 107 cm³/mol. The van der Waals surface area contributed by atoms with Crippen molar-refractivity contribution in [2.45, 2.75) is 26.6 Å². The molecule has 3 heterocycles. The topological polar surface area (TPSA) is 101 Å². The first-order valence-corrected chi connectivity index (χ1v) is 9.39. The van der Waals surface area contributed by atoms with E-state index in [0.717, 1.165) is 17.8 Å². The second-order valence-corrected chi connectivity index (χ2v) is 7.19. The van der Waals surface area contributed by atoms with E-state index in [0.29, 0.717) is 29.0 Å². The van der Waals surface area contributed by atoms with Gasteiger partial charge in [0.05, 0.1) is 39.5 Å². The third kappa shape index (κ3) is 3.96. The Morgan fingerprint density at radius 2 is 1.87 bits per heavy atom. The first-order valence-electron chi connectivity index (χ1n) is 9.01. The van der Waals surface area contributed by atoms with E-state index in [-0.39, 0.29) is 16.3 Å². The normalized spacial score (nSPS) is 11.8. The number of nitrogens with zero attached hydrogens (tertiary/aromatic N) is 5. The highest BCUT2D eigenvalue weighted by Crippen LogP contribution is 2.31. The fraction of sp³-hybridized carbons (Fsp3) is 0.211. The van der Waals surface area contributed by atoms with Gasteiger partial charge in [0.2, 0.25) is 0 Å². The van der Waals surface area contributed by atoms with E-state index in [4.69, 9.17) is 11.6 Å². The number of halogens is 4. The molecule has 0 aliphatic rings. The van der Waals surface area contributed by atoms with Gasteiger partial charge < -0.3 is 5.32 Å². The maximum Gasteiger partial charge on any atom is 0.416 e. The van der Waals surface area contributed by atoms with Gasteiger partial charge in [-0.15, -0.1) is 0 Å². The highest BCUT2D eigenvalue weighted by Gasteiger charge is 2.30. The van der Waals surface area contributed by atoms with E-state index < -0.39 is 17.6 Å². The third-order valence-electron chi connectivity index (χ3n) is 4.71. The number of aryl methyl sites for hydroxylation is 2. The molecule has 0 radical (unpaired) electrons. The largest absolute Gasteiger partial charge is 0.416 e. The SMILES string of the molecule is Cc1n[nH]nc1Cn1nc(C)c2c(Cl)c(C(=O)Nc3ccc(C(F)(F)F)cc3)cnc21. The van der Waals surface area contributed by atoms with Crippen LogP contribution in [-0.4, -0.2) is 36.1 Å². The van der Waals surface area contributed by atoms with Crippen LogP contribution in [0.2, 0.25) is 5.02 Å². The van der Waals surface area contributed by atoms with Gasteiger partial charge in [0.25, 0.3) is 5.91 Å². The van der Waals surface area contributed by atoms with Gasteiger partial charge in [0.15, 0.2) is 5.65 Å². The highest BCUT2D eigenvalue weighted by atomic mass is 35.5. The summed E-state index contributed by atoms with van der Waals surface area (Å²) in [5, 5.41) is 18.2. The predicted octanol–water partition coefficient (Wildman–Crippen LogP) is 4.14. The van der Waals surface area contributed by atoms with Crippen LogP contribution in [0.3, 0.4) is 0 Å². The fourth-order valence-electron chi connectivity index (χ4n) is 3.08. The summed E-state index contributed by atoms with van der Waals surface area (Å²) in [6, 6.07) is 4.12. The van der Waals surface area contributed by atoms with Crippen LogP contribution in [-0.2, 0) is 12.7 Å². The molecule has 0 saturated carbocycles. The average Bonchev–Trinajstić information content (AvgIpc) is 3.25. The molecule has 4 aromatic rings. The number of alkyl halides is 3. The molecular formula is C19H15ClF3N7O. The van der Waals surface area contributed by atoms with Crippen LogP contribution in [0.15, 0.2) is 30.5 Å². The summed E-state index contributed by atoms with van der Waals surface area (Å²) in [4.78, 5) is 17.0. The highest BCUT2D eigenvalue weighted by molar-refractivity contribution is 6.39. The molecule has 1 amide bonds. The number of amides is 1. The average molecular weight is 450 g/mol. The maximum absolute atomic E-state index is 12.7. The molecule has 160 valence electrons. The number of carbonyl (C=O) groups is 1. The number of benzene rings is 1. The number of hydrogen-bond acceptors (Lipinski definition) is 5. The first-order chi connectivity index (χ1) is 14.6. The molecule has 8 nitrogen and oxygen atoms in total. The molecule has 0 bridgehead atoms. The lowest BCUT2D eigenvalue weighted by molar-refractivity contribution is -0.137. The Labute approximate surface area is 178 Å². The minimum Gasteiger partial charge on any atom is -0.322 e. The maximum atomic E-state index is 12.7. The quantitative estimate of drug-likeness (QED) is 0.487. The van der Waals surface area contributed by atoms with Crippen molar-refractivity contribution in [2.75, 3.05) is 5.32 Å². The van der Waals surface area contributed by atoms with Crippen molar-refractivity contribution in [3.63, 3.8) is 0 Å². The van der Waals surface area contributed by atoms with E-state index in [2.05, 4.69) is 30.8 Å². The third-order valence-corrected chi connectivity index (χ3v) is 5.10. The number of rotatable bonds is 4. The Balaban J connectivity index is 1.62. The first kappa shape index (κ1) is 20.8. The van der Waals surface area contributed by atoms with Gasteiger partial charge in [-0.1, -0.05) is 11.6 Å². The summed E-state index contributed by atoms with van der Waals surface area (Å²) in [6.07, 6.45) is -3.15. The van der Waals surface area contributed by atoms with Crippen molar-refractivity contribution in [3.8, 4) is 0 Å². The van der Waals surface area contributed by atoms with Crippen LogP contribution in [0.25, 0.3) is 11.0 Å². The number of aromatic nitrogens is 6. The molecule has 0 aliphatic heterocycles. The summed E-state index contributed by atoms with van der Waals surface area (Å²) in [5.41, 5.74) is 1.91. The van der Waals surface area contributed by atoms with Crippen LogP contribution in [0, 0.1) is 13.8 Å². The summed E-state index contributed by atoms with van der Waals surface area (Å²) < 4.78 is 39.7. The Hall–Kier alpha value is -3.47. The van der Waals surface area contributed by atoms with Crippen molar-refractivity contribution in [1.82, 2.24) is 30.2 Å². The van der Waals surface area contributed by atoms with Gasteiger partial charge in [-0.05, 0) is 38.1 Å². The lowest BCUT2D eigenvalue weighted by Gasteiger charge is -2.10. The molecule has 0 spiro atoms. The molecule has 0 fully saturated rings. The van der Waals surface area contributed by atoms with Gasteiger partial charge in [0.1, 0.15) is 5.69 Å². The van der Waals surface area contributed by atoms with Gasteiger partial charge >= 0.3 is 6.18 Å². The van der Waals surface area contributed by atoms with Crippen LogP contribution in [0.4, 0.5) is 18.9 Å². The van der Waals surface area contributed by atoms with Crippen LogP contribution in [0.1, 0.15) is 33.0 Å². The lowest BCUT2D eigenvalue weighted by atomic mass is 10.1. The van der Waals surface area contributed by atoms with Crippen molar-refractivity contribution in [3.05, 3.63) is 63.7 Å². The number of fused-ring (bicyclic) bond motifs is 1.